The van der Waals surface area contributed by atoms with Crippen LogP contribution in [0.15, 0.2) is 24.3 Å². The molecule has 0 aliphatic rings. The van der Waals surface area contributed by atoms with Crippen LogP contribution in [0.1, 0.15) is 19.4 Å². The Labute approximate surface area is 115 Å². The Morgan fingerprint density at radius 3 is 2.63 bits per heavy atom. The maximum absolute atomic E-state index is 12.3. The van der Waals surface area contributed by atoms with Crippen LogP contribution < -0.4 is 5.73 Å². The fourth-order valence-corrected chi connectivity index (χ4v) is 1.93. The lowest BCUT2D eigenvalue weighted by molar-refractivity contribution is -0.131. The summed E-state index contributed by atoms with van der Waals surface area (Å²) in [4.78, 5) is 14.2. The van der Waals surface area contributed by atoms with Gasteiger partial charge in [-0.15, -0.1) is 0 Å². The molecule has 19 heavy (non-hydrogen) atoms. The largest absolute Gasteiger partial charge is 0.398 e. The number of nitrogens with zero attached hydrogens (tertiary/aromatic N) is 1. The molecule has 0 heterocycles. The van der Waals surface area contributed by atoms with E-state index in [9.17, 15) is 4.79 Å². The smallest absolute Gasteiger partial charge is 0.227 e. The fraction of sp³-hybridized carbons (Fsp3) is 0.533. The fourth-order valence-electron chi connectivity index (χ4n) is 1.93. The third kappa shape index (κ3) is 5.30. The van der Waals surface area contributed by atoms with Gasteiger partial charge in [-0.3, -0.25) is 4.79 Å². The number of nitrogens with two attached hydrogens (primary N) is 1. The molecular weight excluding hydrogens is 240 g/mol. The van der Waals surface area contributed by atoms with Gasteiger partial charge in [0.25, 0.3) is 0 Å². The van der Waals surface area contributed by atoms with Crippen LogP contribution in [0.3, 0.4) is 0 Å². The molecule has 0 unspecified atom stereocenters. The maximum Gasteiger partial charge on any atom is 0.227 e. The first-order valence-electron chi connectivity index (χ1n) is 6.64. The van der Waals surface area contributed by atoms with Crippen molar-refractivity contribution in [2.24, 2.45) is 5.92 Å². The van der Waals surface area contributed by atoms with Crippen molar-refractivity contribution in [2.75, 3.05) is 32.5 Å². The molecule has 0 saturated heterocycles. The van der Waals surface area contributed by atoms with E-state index in [4.69, 9.17) is 10.5 Å². The van der Waals surface area contributed by atoms with E-state index in [0.717, 1.165) is 12.1 Å². The number of ether oxygens (including phenoxy) is 1. The van der Waals surface area contributed by atoms with E-state index in [0.29, 0.717) is 31.2 Å². The molecule has 4 heteroatoms. The number of nitrogen functional groups attached to an aromatic ring is 1. The molecule has 1 aromatic rings. The summed E-state index contributed by atoms with van der Waals surface area (Å²) in [6, 6.07) is 7.50. The van der Waals surface area contributed by atoms with Crippen molar-refractivity contribution in [1.29, 1.82) is 0 Å². The van der Waals surface area contributed by atoms with Crippen LogP contribution in [0, 0.1) is 5.92 Å². The average Bonchev–Trinajstić information content (AvgIpc) is 2.36. The zero-order valence-electron chi connectivity index (χ0n) is 12.1. The highest BCUT2D eigenvalue weighted by Gasteiger charge is 2.16. The van der Waals surface area contributed by atoms with Gasteiger partial charge in [-0.1, -0.05) is 32.0 Å². The van der Waals surface area contributed by atoms with Crippen molar-refractivity contribution in [2.45, 2.75) is 20.3 Å². The summed E-state index contributed by atoms with van der Waals surface area (Å²) in [6.07, 6.45) is 0.350. The van der Waals surface area contributed by atoms with Gasteiger partial charge in [0.05, 0.1) is 13.0 Å². The molecule has 106 valence electrons. The molecule has 0 saturated carbocycles. The van der Waals surface area contributed by atoms with Gasteiger partial charge in [0, 0.05) is 25.9 Å². The minimum atomic E-state index is 0.101. The molecular formula is C15H24N2O2. The number of anilines is 1. The highest BCUT2D eigenvalue weighted by Crippen LogP contribution is 2.13. The van der Waals surface area contributed by atoms with E-state index in [2.05, 4.69) is 13.8 Å². The van der Waals surface area contributed by atoms with Crippen LogP contribution in [0.4, 0.5) is 5.69 Å². The molecule has 1 amide bonds. The van der Waals surface area contributed by atoms with Crippen molar-refractivity contribution in [3.05, 3.63) is 29.8 Å². The molecule has 0 fully saturated rings. The first-order chi connectivity index (χ1) is 9.04. The number of hydrogen-bond acceptors (Lipinski definition) is 3. The monoisotopic (exact) mass is 264 g/mol. The Bertz CT molecular complexity index is 405. The summed E-state index contributed by atoms with van der Waals surface area (Å²) in [7, 11) is 1.65. The van der Waals surface area contributed by atoms with E-state index < -0.39 is 0 Å². The molecule has 0 bridgehead atoms. The second-order valence-electron chi connectivity index (χ2n) is 5.10. The summed E-state index contributed by atoms with van der Waals surface area (Å²) < 4.78 is 5.06. The van der Waals surface area contributed by atoms with E-state index in [1.807, 2.05) is 29.2 Å². The van der Waals surface area contributed by atoms with Crippen molar-refractivity contribution in [3.8, 4) is 0 Å². The van der Waals surface area contributed by atoms with Crippen molar-refractivity contribution >= 4 is 11.6 Å². The zero-order chi connectivity index (χ0) is 14.3. The lowest BCUT2D eigenvalue weighted by Crippen LogP contribution is -2.37. The summed E-state index contributed by atoms with van der Waals surface area (Å²) in [5.74, 6) is 0.539. The summed E-state index contributed by atoms with van der Waals surface area (Å²) in [6.45, 7) is 6.13. The van der Waals surface area contributed by atoms with Crippen LogP contribution in [0.25, 0.3) is 0 Å². The van der Waals surface area contributed by atoms with Gasteiger partial charge in [0.15, 0.2) is 0 Å². The average molecular weight is 264 g/mol. The molecule has 4 nitrogen and oxygen atoms in total. The minimum Gasteiger partial charge on any atom is -0.398 e. The number of rotatable bonds is 7. The van der Waals surface area contributed by atoms with Crippen LogP contribution in [0.5, 0.6) is 0 Å². The van der Waals surface area contributed by atoms with Gasteiger partial charge in [0.2, 0.25) is 5.91 Å². The minimum absolute atomic E-state index is 0.101. The molecule has 1 rings (SSSR count). The van der Waals surface area contributed by atoms with Gasteiger partial charge < -0.3 is 15.4 Å². The quantitative estimate of drug-likeness (QED) is 0.766. The van der Waals surface area contributed by atoms with Crippen molar-refractivity contribution in [1.82, 2.24) is 4.90 Å². The third-order valence-electron chi connectivity index (χ3n) is 2.90. The topological polar surface area (TPSA) is 55.6 Å². The zero-order valence-corrected chi connectivity index (χ0v) is 12.1. The van der Waals surface area contributed by atoms with E-state index in [1.54, 1.807) is 7.11 Å². The number of carbonyl (C=O) groups is 1. The highest BCUT2D eigenvalue weighted by molar-refractivity contribution is 5.80. The van der Waals surface area contributed by atoms with Gasteiger partial charge in [0.1, 0.15) is 0 Å². The lowest BCUT2D eigenvalue weighted by atomic mass is 10.1. The van der Waals surface area contributed by atoms with E-state index in [-0.39, 0.29) is 5.91 Å². The summed E-state index contributed by atoms with van der Waals surface area (Å²) >= 11 is 0. The lowest BCUT2D eigenvalue weighted by Gasteiger charge is -2.24. The molecule has 0 spiro atoms. The number of benzene rings is 1. The second kappa shape index (κ2) is 7.79. The van der Waals surface area contributed by atoms with Crippen LogP contribution in [-0.4, -0.2) is 37.6 Å². The summed E-state index contributed by atoms with van der Waals surface area (Å²) in [5, 5.41) is 0. The SMILES string of the molecule is COCCN(CC(C)C)C(=O)Cc1ccccc1N. The Hall–Kier alpha value is -1.55. The molecule has 0 aliphatic heterocycles. The van der Waals surface area contributed by atoms with Crippen LogP contribution in [0.2, 0.25) is 0 Å². The number of para-hydroxylation sites is 1. The standard InChI is InChI=1S/C15H24N2O2/c1-12(2)11-17(8-9-19-3)15(18)10-13-6-4-5-7-14(13)16/h4-7,12H,8-11,16H2,1-3H3. The molecule has 0 radical (unpaired) electrons. The summed E-state index contributed by atoms with van der Waals surface area (Å²) in [5.41, 5.74) is 7.44. The first-order valence-corrected chi connectivity index (χ1v) is 6.64. The predicted molar refractivity (Wildman–Crippen MR) is 77.9 cm³/mol. The number of methoxy groups -OCH3 is 1. The van der Waals surface area contributed by atoms with Gasteiger partial charge in [-0.2, -0.15) is 0 Å². The van der Waals surface area contributed by atoms with Crippen molar-refractivity contribution in [3.63, 3.8) is 0 Å². The Morgan fingerprint density at radius 1 is 1.37 bits per heavy atom. The normalized spacial score (nSPS) is 10.7. The van der Waals surface area contributed by atoms with Crippen molar-refractivity contribution < 1.29 is 9.53 Å². The highest BCUT2D eigenvalue weighted by atomic mass is 16.5. The van der Waals surface area contributed by atoms with Gasteiger partial charge >= 0.3 is 0 Å². The molecule has 0 aromatic heterocycles. The molecule has 2 N–H and O–H groups in total. The Balaban J connectivity index is 2.68. The molecule has 0 aliphatic carbocycles. The number of hydrogen-bond donors (Lipinski definition) is 1. The van der Waals surface area contributed by atoms with Crippen LogP contribution in [-0.2, 0) is 16.0 Å². The Morgan fingerprint density at radius 2 is 2.05 bits per heavy atom. The first kappa shape index (κ1) is 15.5. The molecule has 0 atom stereocenters. The predicted octanol–water partition coefficient (Wildman–Crippen LogP) is 1.94. The van der Waals surface area contributed by atoms with E-state index >= 15 is 0 Å². The Kier molecular flexibility index (Phi) is 6.36. The number of carbonyl (C=O) groups excluding carboxylic acids is 1. The van der Waals surface area contributed by atoms with Gasteiger partial charge in [-0.25, -0.2) is 0 Å². The maximum atomic E-state index is 12.3. The molecule has 1 aromatic carbocycles. The number of amides is 1. The van der Waals surface area contributed by atoms with Gasteiger partial charge in [-0.05, 0) is 17.5 Å². The third-order valence-corrected chi connectivity index (χ3v) is 2.90. The van der Waals surface area contributed by atoms with Crippen LogP contribution >= 0.6 is 0 Å². The second-order valence-corrected chi connectivity index (χ2v) is 5.10. The van der Waals surface area contributed by atoms with E-state index in [1.165, 1.54) is 0 Å².